The molecule has 0 fully saturated rings. The second-order valence-corrected chi connectivity index (χ2v) is 3.49. The number of rotatable bonds is 4. The predicted molar refractivity (Wildman–Crippen MR) is 67.1 cm³/mol. The minimum absolute atomic E-state index is 0.0789. The number of benzene rings is 1. The Hall–Kier alpha value is -2.34. The van der Waals surface area contributed by atoms with Crippen molar-refractivity contribution in [3.05, 3.63) is 35.5 Å². The molecule has 0 saturated carbocycles. The van der Waals surface area contributed by atoms with E-state index in [1.54, 1.807) is 31.4 Å². The lowest BCUT2D eigenvalue weighted by Crippen LogP contribution is -2.37. The molecule has 96 valence electrons. The minimum Gasteiger partial charge on any atom is -0.497 e. The minimum atomic E-state index is -0.569. The van der Waals surface area contributed by atoms with E-state index < -0.39 is 5.91 Å². The van der Waals surface area contributed by atoms with E-state index in [1.807, 2.05) is 5.43 Å². The summed E-state index contributed by atoms with van der Waals surface area (Å²) in [5.41, 5.74) is 2.78. The zero-order chi connectivity index (χ0) is 13.5. The van der Waals surface area contributed by atoms with E-state index in [0.29, 0.717) is 5.75 Å². The summed E-state index contributed by atoms with van der Waals surface area (Å²) in [6, 6.07) is 7.00. The van der Waals surface area contributed by atoms with E-state index in [0.717, 1.165) is 5.56 Å². The van der Waals surface area contributed by atoms with Crippen molar-refractivity contribution in [1.82, 2.24) is 10.7 Å². The van der Waals surface area contributed by atoms with E-state index >= 15 is 0 Å². The molecule has 6 heteroatoms. The molecule has 1 rings (SSSR count). The molecule has 1 aromatic carbocycles. The Labute approximate surface area is 105 Å². The van der Waals surface area contributed by atoms with Crippen LogP contribution in [0.2, 0.25) is 0 Å². The molecular formula is C12H15N3O3. The smallest absolute Gasteiger partial charge is 0.281 e. The highest BCUT2D eigenvalue weighted by Gasteiger charge is 2.09. The summed E-state index contributed by atoms with van der Waals surface area (Å²) in [5, 5.41) is 2.41. The normalized spacial score (nSPS) is 10.7. The van der Waals surface area contributed by atoms with Crippen LogP contribution in [0.1, 0.15) is 12.5 Å². The molecule has 1 aromatic rings. The van der Waals surface area contributed by atoms with Gasteiger partial charge in [0, 0.05) is 6.92 Å². The first kappa shape index (κ1) is 13.7. The zero-order valence-corrected chi connectivity index (χ0v) is 10.2. The molecule has 0 bridgehead atoms. The third-order valence-corrected chi connectivity index (χ3v) is 2.11. The van der Waals surface area contributed by atoms with Crippen molar-refractivity contribution in [3.63, 3.8) is 0 Å². The van der Waals surface area contributed by atoms with Crippen molar-refractivity contribution < 1.29 is 14.3 Å². The van der Waals surface area contributed by atoms with Gasteiger partial charge in [-0.1, -0.05) is 12.1 Å². The van der Waals surface area contributed by atoms with Crippen LogP contribution >= 0.6 is 0 Å². The summed E-state index contributed by atoms with van der Waals surface area (Å²) in [6.07, 6.45) is 1.52. The first-order chi connectivity index (χ1) is 8.56. The zero-order valence-electron chi connectivity index (χ0n) is 10.2. The number of amides is 2. The summed E-state index contributed by atoms with van der Waals surface area (Å²) in [4.78, 5) is 22.4. The van der Waals surface area contributed by atoms with Gasteiger partial charge in [-0.2, -0.15) is 0 Å². The van der Waals surface area contributed by atoms with Gasteiger partial charge < -0.3 is 10.1 Å². The van der Waals surface area contributed by atoms with Gasteiger partial charge in [-0.25, -0.2) is 5.84 Å². The fourth-order valence-corrected chi connectivity index (χ4v) is 1.29. The lowest BCUT2D eigenvalue weighted by atomic mass is 10.2. The van der Waals surface area contributed by atoms with Crippen LogP contribution in [0.15, 0.2) is 30.0 Å². The number of nitrogens with one attached hydrogen (secondary N) is 2. The molecule has 0 heterocycles. The van der Waals surface area contributed by atoms with Crippen LogP contribution in [0, 0.1) is 0 Å². The molecule has 0 aromatic heterocycles. The third-order valence-electron chi connectivity index (χ3n) is 2.11. The number of hydrogen-bond donors (Lipinski definition) is 3. The van der Waals surface area contributed by atoms with Gasteiger partial charge >= 0.3 is 0 Å². The standard InChI is InChI=1S/C12H15N3O3/c1-8(16)14-11(12(17)15-13)7-9-3-5-10(18-2)6-4-9/h3-7H,13H2,1-2H3,(H,14,16)(H,15,17)/b11-7-. The molecule has 2 amide bonds. The van der Waals surface area contributed by atoms with Crippen LogP contribution in [0.25, 0.3) is 6.08 Å². The van der Waals surface area contributed by atoms with E-state index in [4.69, 9.17) is 10.6 Å². The van der Waals surface area contributed by atoms with E-state index in [-0.39, 0.29) is 11.6 Å². The first-order valence-corrected chi connectivity index (χ1v) is 5.21. The average molecular weight is 249 g/mol. The third kappa shape index (κ3) is 3.91. The molecule has 6 nitrogen and oxygen atoms in total. The number of ether oxygens (including phenoxy) is 1. The first-order valence-electron chi connectivity index (χ1n) is 5.21. The molecule has 18 heavy (non-hydrogen) atoms. The van der Waals surface area contributed by atoms with Crippen molar-refractivity contribution in [2.24, 2.45) is 5.84 Å². The van der Waals surface area contributed by atoms with Gasteiger partial charge in [0.2, 0.25) is 5.91 Å². The molecule has 0 spiro atoms. The summed E-state index contributed by atoms with van der Waals surface area (Å²) < 4.78 is 5.02. The highest BCUT2D eigenvalue weighted by molar-refractivity contribution is 6.00. The molecule has 0 aliphatic heterocycles. The van der Waals surface area contributed by atoms with Crippen molar-refractivity contribution in [1.29, 1.82) is 0 Å². The Morgan fingerprint density at radius 1 is 1.28 bits per heavy atom. The number of hydrazine groups is 1. The quantitative estimate of drug-likeness (QED) is 0.307. The van der Waals surface area contributed by atoms with Crippen molar-refractivity contribution in [3.8, 4) is 5.75 Å². The molecule has 0 atom stereocenters. The lowest BCUT2D eigenvalue weighted by Gasteiger charge is -2.06. The summed E-state index contributed by atoms with van der Waals surface area (Å²) in [6.45, 7) is 1.31. The van der Waals surface area contributed by atoms with Gasteiger partial charge in [-0.3, -0.25) is 15.0 Å². The number of methoxy groups -OCH3 is 1. The number of nitrogens with two attached hydrogens (primary N) is 1. The summed E-state index contributed by atoms with van der Waals surface area (Å²) in [7, 11) is 1.56. The second kappa shape index (κ2) is 6.41. The highest BCUT2D eigenvalue weighted by atomic mass is 16.5. The highest BCUT2D eigenvalue weighted by Crippen LogP contribution is 2.13. The monoisotopic (exact) mass is 249 g/mol. The van der Waals surface area contributed by atoms with Gasteiger partial charge in [0.15, 0.2) is 0 Å². The van der Waals surface area contributed by atoms with Gasteiger partial charge in [-0.15, -0.1) is 0 Å². The Bertz CT molecular complexity index is 466. The maximum Gasteiger partial charge on any atom is 0.281 e. The van der Waals surface area contributed by atoms with Crippen molar-refractivity contribution >= 4 is 17.9 Å². The fourth-order valence-electron chi connectivity index (χ4n) is 1.29. The van der Waals surface area contributed by atoms with Crippen molar-refractivity contribution in [2.45, 2.75) is 6.92 Å². The fraction of sp³-hybridized carbons (Fsp3) is 0.167. The van der Waals surface area contributed by atoms with Crippen LogP contribution in [-0.4, -0.2) is 18.9 Å². The lowest BCUT2D eigenvalue weighted by molar-refractivity contribution is -0.122. The SMILES string of the molecule is COc1ccc(/C=C(\NC(C)=O)C(=O)NN)cc1. The number of hydrogen-bond acceptors (Lipinski definition) is 4. The van der Waals surface area contributed by atoms with Crippen LogP contribution in [0.3, 0.4) is 0 Å². The maximum absolute atomic E-state index is 11.4. The molecule has 0 unspecified atom stereocenters. The average Bonchev–Trinajstić information content (AvgIpc) is 2.37. The number of carbonyl (C=O) groups is 2. The Balaban J connectivity index is 2.98. The summed E-state index contributed by atoms with van der Waals surface area (Å²) >= 11 is 0. The second-order valence-electron chi connectivity index (χ2n) is 3.49. The Morgan fingerprint density at radius 3 is 2.33 bits per heavy atom. The molecule has 0 aliphatic carbocycles. The molecule has 0 aliphatic rings. The maximum atomic E-state index is 11.4. The predicted octanol–water partition coefficient (Wildman–Crippen LogP) is 0.162. The van der Waals surface area contributed by atoms with Crippen LogP contribution < -0.4 is 21.3 Å². The molecule has 4 N–H and O–H groups in total. The van der Waals surface area contributed by atoms with Gasteiger partial charge in [0.1, 0.15) is 11.4 Å². The Morgan fingerprint density at radius 2 is 1.89 bits per heavy atom. The molecule has 0 radical (unpaired) electrons. The Kier molecular flexibility index (Phi) is 4.89. The topological polar surface area (TPSA) is 93.4 Å². The van der Waals surface area contributed by atoms with E-state index in [2.05, 4.69) is 5.32 Å². The van der Waals surface area contributed by atoms with E-state index in [1.165, 1.54) is 13.0 Å². The van der Waals surface area contributed by atoms with Gasteiger partial charge in [-0.05, 0) is 23.8 Å². The summed E-state index contributed by atoms with van der Waals surface area (Å²) in [5.74, 6) is 4.82. The van der Waals surface area contributed by atoms with Crippen LogP contribution in [0.4, 0.5) is 0 Å². The largest absolute Gasteiger partial charge is 0.497 e. The van der Waals surface area contributed by atoms with Gasteiger partial charge in [0.25, 0.3) is 5.91 Å². The molecule has 0 saturated heterocycles. The van der Waals surface area contributed by atoms with Gasteiger partial charge in [0.05, 0.1) is 7.11 Å². The number of carbonyl (C=O) groups excluding carboxylic acids is 2. The van der Waals surface area contributed by atoms with Crippen molar-refractivity contribution in [2.75, 3.05) is 7.11 Å². The van der Waals surface area contributed by atoms with E-state index in [9.17, 15) is 9.59 Å². The van der Waals surface area contributed by atoms with Crippen LogP contribution in [0.5, 0.6) is 5.75 Å². The molecular weight excluding hydrogens is 234 g/mol. The van der Waals surface area contributed by atoms with Crippen LogP contribution in [-0.2, 0) is 9.59 Å².